The van der Waals surface area contributed by atoms with Gasteiger partial charge in [0.2, 0.25) is 0 Å². The Hall–Kier alpha value is -1.32. The maximum atomic E-state index is 13.1. The molecule has 4 heteroatoms. The third-order valence-electron chi connectivity index (χ3n) is 6.90. The van der Waals surface area contributed by atoms with Gasteiger partial charge in [0, 0.05) is 23.6 Å². The van der Waals surface area contributed by atoms with Crippen LogP contribution in [0.5, 0.6) is 0 Å². The molecule has 2 aromatic rings. The zero-order valence-corrected chi connectivity index (χ0v) is 15.9. The molecule has 138 valence electrons. The lowest BCUT2D eigenvalue weighted by atomic mass is 9.77. The summed E-state index contributed by atoms with van der Waals surface area (Å²) >= 11 is 6.48. The van der Waals surface area contributed by atoms with Crippen LogP contribution in [0.1, 0.15) is 67.8 Å². The Morgan fingerprint density at radius 3 is 2.85 bits per heavy atom. The van der Waals surface area contributed by atoms with Crippen molar-refractivity contribution in [3.63, 3.8) is 0 Å². The Bertz CT molecular complexity index is 847. The average Bonchev–Trinajstić information content (AvgIpc) is 3.21. The molecule has 0 N–H and O–H groups in total. The molecule has 3 nitrogen and oxygen atoms in total. The standard InChI is InChI=1S/C22H26ClNO2/c23-18-4-1-5-19-21(18)17(12-24(19)16-13-26-14-16)20(25)7-6-15-3-2-8-22(11-15)9-10-22/h1,4-5,12,15-16H,2-3,6-11,13-14H2. The van der Waals surface area contributed by atoms with Crippen molar-refractivity contribution in [2.24, 2.45) is 11.3 Å². The van der Waals surface area contributed by atoms with Crippen molar-refractivity contribution in [2.45, 2.75) is 57.4 Å². The van der Waals surface area contributed by atoms with Crippen LogP contribution in [0.25, 0.3) is 10.9 Å². The lowest BCUT2D eigenvalue weighted by Gasteiger charge is -2.29. The van der Waals surface area contributed by atoms with Gasteiger partial charge in [0.25, 0.3) is 0 Å². The van der Waals surface area contributed by atoms with Crippen molar-refractivity contribution in [3.05, 3.63) is 35.0 Å². The molecule has 1 spiro atoms. The highest BCUT2D eigenvalue weighted by Gasteiger charge is 2.45. The minimum Gasteiger partial charge on any atom is -0.377 e. The highest BCUT2D eigenvalue weighted by Crippen LogP contribution is 2.58. The van der Waals surface area contributed by atoms with Crippen molar-refractivity contribution in [1.29, 1.82) is 0 Å². The van der Waals surface area contributed by atoms with Crippen molar-refractivity contribution < 1.29 is 9.53 Å². The number of benzene rings is 1. The molecule has 2 saturated carbocycles. The lowest BCUT2D eigenvalue weighted by Crippen LogP contribution is -2.30. The minimum absolute atomic E-state index is 0.248. The molecular weight excluding hydrogens is 346 g/mol. The van der Waals surface area contributed by atoms with Gasteiger partial charge in [0.1, 0.15) is 0 Å². The number of fused-ring (bicyclic) bond motifs is 1. The lowest BCUT2D eigenvalue weighted by molar-refractivity contribution is -0.0214. The first-order valence-corrected chi connectivity index (χ1v) is 10.4. The molecule has 0 bridgehead atoms. The van der Waals surface area contributed by atoms with Crippen LogP contribution in [0.3, 0.4) is 0 Å². The number of carbonyl (C=O) groups is 1. The summed E-state index contributed by atoms with van der Waals surface area (Å²) in [6, 6.07) is 6.24. The Morgan fingerprint density at radius 2 is 2.12 bits per heavy atom. The fourth-order valence-corrected chi connectivity index (χ4v) is 5.37. The molecule has 1 aromatic carbocycles. The second-order valence-corrected chi connectivity index (χ2v) is 9.11. The fraction of sp³-hybridized carbons (Fsp3) is 0.591. The van der Waals surface area contributed by atoms with E-state index in [2.05, 4.69) is 10.6 Å². The van der Waals surface area contributed by atoms with Crippen LogP contribution in [-0.4, -0.2) is 23.6 Å². The molecule has 1 atom stereocenters. The van der Waals surface area contributed by atoms with Crippen LogP contribution in [0.2, 0.25) is 5.02 Å². The molecule has 3 aliphatic rings. The van der Waals surface area contributed by atoms with E-state index >= 15 is 0 Å². The van der Waals surface area contributed by atoms with Crippen LogP contribution in [0.4, 0.5) is 0 Å². The van der Waals surface area contributed by atoms with E-state index in [4.69, 9.17) is 16.3 Å². The molecule has 2 heterocycles. The third kappa shape index (κ3) is 2.90. The average molecular weight is 372 g/mol. The van der Waals surface area contributed by atoms with E-state index in [-0.39, 0.29) is 5.78 Å². The summed E-state index contributed by atoms with van der Waals surface area (Å²) in [5.74, 6) is 0.983. The van der Waals surface area contributed by atoms with E-state index in [1.54, 1.807) is 0 Å². The molecule has 5 rings (SSSR count). The predicted molar refractivity (Wildman–Crippen MR) is 104 cm³/mol. The first-order chi connectivity index (χ1) is 12.7. The van der Waals surface area contributed by atoms with Gasteiger partial charge in [0.05, 0.1) is 29.8 Å². The van der Waals surface area contributed by atoms with Gasteiger partial charge in [-0.1, -0.05) is 30.5 Å². The quantitative estimate of drug-likeness (QED) is 0.622. The molecular formula is C22H26ClNO2. The molecule has 2 aliphatic carbocycles. The number of Topliss-reactive ketones (excluding diaryl/α,β-unsaturated/α-hetero) is 1. The highest BCUT2D eigenvalue weighted by atomic mass is 35.5. The summed E-state index contributed by atoms with van der Waals surface area (Å²) in [6.45, 7) is 1.43. The van der Waals surface area contributed by atoms with Gasteiger partial charge in [0.15, 0.2) is 5.78 Å². The second-order valence-electron chi connectivity index (χ2n) is 8.70. The SMILES string of the molecule is O=C(CCC1CCCC2(CC2)C1)c1cn(C2COC2)c2cccc(Cl)c12. The smallest absolute Gasteiger partial charge is 0.165 e. The summed E-state index contributed by atoms with van der Waals surface area (Å²) < 4.78 is 7.54. The molecule has 1 unspecified atom stereocenters. The van der Waals surface area contributed by atoms with Gasteiger partial charge in [-0.05, 0) is 55.6 Å². The van der Waals surface area contributed by atoms with Crippen molar-refractivity contribution in [2.75, 3.05) is 13.2 Å². The Labute approximate surface area is 159 Å². The number of hydrogen-bond donors (Lipinski definition) is 0. The van der Waals surface area contributed by atoms with Crippen molar-refractivity contribution in [3.8, 4) is 0 Å². The Morgan fingerprint density at radius 1 is 1.27 bits per heavy atom. The number of carbonyl (C=O) groups excluding carboxylic acids is 1. The van der Waals surface area contributed by atoms with Crippen molar-refractivity contribution >= 4 is 28.3 Å². The number of aromatic nitrogens is 1. The summed E-state index contributed by atoms with van der Waals surface area (Å²) in [6.07, 6.45) is 12.0. The number of hydrogen-bond acceptors (Lipinski definition) is 2. The number of rotatable bonds is 5. The van der Waals surface area contributed by atoms with Gasteiger partial charge in [-0.3, -0.25) is 4.79 Å². The van der Waals surface area contributed by atoms with Gasteiger partial charge in [-0.25, -0.2) is 0 Å². The van der Waals surface area contributed by atoms with Gasteiger partial charge in [-0.15, -0.1) is 0 Å². The largest absolute Gasteiger partial charge is 0.377 e. The van der Waals surface area contributed by atoms with E-state index in [0.29, 0.717) is 36.1 Å². The van der Waals surface area contributed by atoms with Crippen LogP contribution in [0, 0.1) is 11.3 Å². The van der Waals surface area contributed by atoms with Crippen LogP contribution < -0.4 is 0 Å². The molecule has 0 amide bonds. The summed E-state index contributed by atoms with van der Waals surface area (Å²) in [5, 5.41) is 1.60. The Kier molecular flexibility index (Phi) is 4.13. The maximum Gasteiger partial charge on any atom is 0.165 e. The number of ether oxygens (including phenoxy) is 1. The topological polar surface area (TPSA) is 31.2 Å². The van der Waals surface area contributed by atoms with Gasteiger partial charge >= 0.3 is 0 Å². The van der Waals surface area contributed by atoms with E-state index < -0.39 is 0 Å². The second kappa shape index (κ2) is 6.38. The van der Waals surface area contributed by atoms with Crippen LogP contribution >= 0.6 is 11.6 Å². The fourth-order valence-electron chi connectivity index (χ4n) is 5.09. The van der Waals surface area contributed by atoms with Crippen molar-refractivity contribution in [1.82, 2.24) is 4.57 Å². The van der Waals surface area contributed by atoms with E-state index in [9.17, 15) is 4.79 Å². The molecule has 3 fully saturated rings. The molecule has 0 radical (unpaired) electrons. The summed E-state index contributed by atoms with van der Waals surface area (Å²) in [5.41, 5.74) is 2.54. The number of halogens is 1. The summed E-state index contributed by atoms with van der Waals surface area (Å²) in [4.78, 5) is 13.1. The Balaban J connectivity index is 1.37. The molecule has 1 saturated heterocycles. The van der Waals surface area contributed by atoms with E-state index in [1.807, 2.05) is 18.3 Å². The first-order valence-electron chi connectivity index (χ1n) is 10.1. The molecule has 26 heavy (non-hydrogen) atoms. The predicted octanol–water partition coefficient (Wildman–Crippen LogP) is 5.80. The highest BCUT2D eigenvalue weighted by molar-refractivity contribution is 6.37. The van der Waals surface area contributed by atoms with E-state index in [0.717, 1.165) is 28.8 Å². The molecule has 1 aliphatic heterocycles. The van der Waals surface area contributed by atoms with Gasteiger partial charge < -0.3 is 9.30 Å². The number of nitrogens with zero attached hydrogens (tertiary/aromatic N) is 1. The zero-order valence-electron chi connectivity index (χ0n) is 15.2. The van der Waals surface area contributed by atoms with Crippen LogP contribution in [0.15, 0.2) is 24.4 Å². The monoisotopic (exact) mass is 371 g/mol. The molecule has 1 aromatic heterocycles. The zero-order chi connectivity index (χ0) is 17.7. The maximum absolute atomic E-state index is 13.1. The van der Waals surface area contributed by atoms with E-state index in [1.165, 1.54) is 38.5 Å². The van der Waals surface area contributed by atoms with Crippen LogP contribution in [-0.2, 0) is 4.74 Å². The minimum atomic E-state index is 0.248. The normalized spacial score (nSPS) is 24.7. The summed E-state index contributed by atoms with van der Waals surface area (Å²) in [7, 11) is 0. The first kappa shape index (κ1) is 16.8. The number of ketones is 1. The third-order valence-corrected chi connectivity index (χ3v) is 7.21. The van der Waals surface area contributed by atoms with Gasteiger partial charge in [-0.2, -0.15) is 0 Å².